The number of hydrazone groups is 1. The van der Waals surface area contributed by atoms with Crippen LogP contribution >= 0.6 is 15.9 Å². The van der Waals surface area contributed by atoms with Gasteiger partial charge in [0.2, 0.25) is 0 Å². The number of benzene rings is 2. The molecule has 0 aliphatic carbocycles. The van der Waals surface area contributed by atoms with Crippen molar-refractivity contribution in [3.63, 3.8) is 0 Å². The molecule has 8 nitrogen and oxygen atoms in total. The van der Waals surface area contributed by atoms with E-state index in [0.717, 1.165) is 15.4 Å². The van der Waals surface area contributed by atoms with Gasteiger partial charge in [-0.3, -0.25) is 9.59 Å². The molecule has 31 heavy (non-hydrogen) atoms. The van der Waals surface area contributed by atoms with Crippen LogP contribution in [0.25, 0.3) is 11.0 Å². The van der Waals surface area contributed by atoms with E-state index in [1.54, 1.807) is 41.3 Å². The Labute approximate surface area is 186 Å². The van der Waals surface area contributed by atoms with Crippen molar-refractivity contribution in [3.05, 3.63) is 64.3 Å². The second-order valence-corrected chi connectivity index (χ2v) is 7.76. The number of hydrogen-bond donors (Lipinski definition) is 1. The van der Waals surface area contributed by atoms with Crippen molar-refractivity contribution >= 4 is 44.9 Å². The first-order valence-corrected chi connectivity index (χ1v) is 10.5. The van der Waals surface area contributed by atoms with E-state index in [0.29, 0.717) is 37.6 Å². The molecule has 1 N–H and O–H groups in total. The molecule has 2 aromatic carbocycles. The average Bonchev–Trinajstić information content (AvgIpc) is 3.22. The molecule has 0 saturated carbocycles. The molecule has 1 aliphatic rings. The molecule has 0 atom stereocenters. The van der Waals surface area contributed by atoms with E-state index in [1.165, 1.54) is 6.21 Å². The second kappa shape index (κ2) is 9.76. The van der Waals surface area contributed by atoms with Crippen LogP contribution in [0, 0.1) is 0 Å². The molecule has 2 amide bonds. The molecular weight excluding hydrogens is 466 g/mol. The van der Waals surface area contributed by atoms with Gasteiger partial charge in [0.15, 0.2) is 12.4 Å². The third-order valence-electron chi connectivity index (χ3n) is 4.69. The predicted molar refractivity (Wildman–Crippen MR) is 118 cm³/mol. The highest BCUT2D eigenvalue weighted by atomic mass is 79.9. The van der Waals surface area contributed by atoms with E-state index >= 15 is 0 Å². The van der Waals surface area contributed by atoms with E-state index in [9.17, 15) is 9.59 Å². The third-order valence-corrected chi connectivity index (χ3v) is 5.18. The standard InChI is InChI=1S/C22H20BrN3O5/c23-17-3-6-19-16(11-17)12-20(31-19)22(28)25-24-13-15-1-4-18(5-2-15)30-14-21(27)26-7-9-29-10-8-26/h1-6,11-13H,7-10,14H2,(H,25,28). The number of rotatable bonds is 6. The number of fused-ring (bicyclic) bond motifs is 1. The van der Waals surface area contributed by atoms with Crippen molar-refractivity contribution in [1.82, 2.24) is 10.3 Å². The SMILES string of the molecule is O=C(NN=Cc1ccc(OCC(=O)N2CCOCC2)cc1)c1cc2cc(Br)ccc2o1. The van der Waals surface area contributed by atoms with Crippen LogP contribution in [0.4, 0.5) is 0 Å². The lowest BCUT2D eigenvalue weighted by atomic mass is 10.2. The minimum Gasteiger partial charge on any atom is -0.484 e. The Morgan fingerprint density at radius 3 is 2.68 bits per heavy atom. The minimum absolute atomic E-state index is 0.0163. The van der Waals surface area contributed by atoms with Crippen LogP contribution in [-0.2, 0) is 9.53 Å². The van der Waals surface area contributed by atoms with Crippen molar-refractivity contribution in [3.8, 4) is 5.75 Å². The summed E-state index contributed by atoms with van der Waals surface area (Å²) in [7, 11) is 0. The number of morpholine rings is 1. The summed E-state index contributed by atoms with van der Waals surface area (Å²) in [6.45, 7) is 2.29. The van der Waals surface area contributed by atoms with E-state index in [-0.39, 0.29) is 18.3 Å². The highest BCUT2D eigenvalue weighted by Gasteiger charge is 2.17. The number of hydrogen-bond acceptors (Lipinski definition) is 6. The number of nitrogens with one attached hydrogen (secondary N) is 1. The molecule has 1 saturated heterocycles. The smallest absolute Gasteiger partial charge is 0.307 e. The molecule has 0 radical (unpaired) electrons. The van der Waals surface area contributed by atoms with Gasteiger partial charge in [-0.15, -0.1) is 0 Å². The van der Waals surface area contributed by atoms with Crippen molar-refractivity contribution in [2.24, 2.45) is 5.10 Å². The highest BCUT2D eigenvalue weighted by Crippen LogP contribution is 2.23. The van der Waals surface area contributed by atoms with E-state index in [2.05, 4.69) is 26.5 Å². The zero-order valence-electron chi connectivity index (χ0n) is 16.5. The number of carbonyl (C=O) groups excluding carboxylic acids is 2. The summed E-state index contributed by atoms with van der Waals surface area (Å²) in [5, 5.41) is 4.79. The number of amides is 2. The molecular formula is C22H20BrN3O5. The Bertz CT molecular complexity index is 1100. The van der Waals surface area contributed by atoms with Crippen LogP contribution in [0.15, 0.2) is 62.5 Å². The Hall–Kier alpha value is -3.17. The third kappa shape index (κ3) is 5.50. The molecule has 1 aromatic heterocycles. The largest absolute Gasteiger partial charge is 0.484 e. The lowest BCUT2D eigenvalue weighted by molar-refractivity contribution is -0.137. The molecule has 2 heterocycles. The lowest BCUT2D eigenvalue weighted by Crippen LogP contribution is -2.42. The van der Waals surface area contributed by atoms with Gasteiger partial charge in [0.1, 0.15) is 11.3 Å². The van der Waals surface area contributed by atoms with Crippen molar-refractivity contribution < 1.29 is 23.5 Å². The van der Waals surface area contributed by atoms with Crippen LogP contribution in [0.2, 0.25) is 0 Å². The number of ether oxygens (including phenoxy) is 2. The summed E-state index contributed by atoms with van der Waals surface area (Å²) in [5.74, 6) is 0.259. The number of halogens is 1. The summed E-state index contributed by atoms with van der Waals surface area (Å²) in [6.07, 6.45) is 1.51. The fourth-order valence-electron chi connectivity index (χ4n) is 3.05. The van der Waals surface area contributed by atoms with E-state index in [4.69, 9.17) is 13.9 Å². The van der Waals surface area contributed by atoms with Gasteiger partial charge in [-0.2, -0.15) is 5.10 Å². The monoisotopic (exact) mass is 485 g/mol. The van der Waals surface area contributed by atoms with Crippen molar-refractivity contribution in [2.75, 3.05) is 32.9 Å². The topological polar surface area (TPSA) is 93.4 Å². The van der Waals surface area contributed by atoms with E-state index < -0.39 is 5.91 Å². The maximum Gasteiger partial charge on any atom is 0.307 e. The molecule has 9 heteroatoms. The molecule has 4 rings (SSSR count). The van der Waals surface area contributed by atoms with Crippen LogP contribution in [0.5, 0.6) is 5.75 Å². The molecule has 3 aromatic rings. The molecule has 0 spiro atoms. The summed E-state index contributed by atoms with van der Waals surface area (Å²) >= 11 is 3.39. The van der Waals surface area contributed by atoms with Crippen LogP contribution in [0.3, 0.4) is 0 Å². The molecule has 0 bridgehead atoms. The second-order valence-electron chi connectivity index (χ2n) is 6.84. The van der Waals surface area contributed by atoms with Gasteiger partial charge >= 0.3 is 5.91 Å². The summed E-state index contributed by atoms with van der Waals surface area (Å²) in [4.78, 5) is 26.1. The first-order valence-electron chi connectivity index (χ1n) is 9.69. The zero-order valence-corrected chi connectivity index (χ0v) is 18.1. The van der Waals surface area contributed by atoms with Crippen molar-refractivity contribution in [2.45, 2.75) is 0 Å². The Balaban J connectivity index is 1.27. The van der Waals surface area contributed by atoms with Crippen LogP contribution in [-0.4, -0.2) is 55.8 Å². The Kier molecular flexibility index (Phi) is 6.63. The van der Waals surface area contributed by atoms with Gasteiger partial charge in [0.05, 0.1) is 19.4 Å². The van der Waals surface area contributed by atoms with Gasteiger partial charge in [-0.1, -0.05) is 15.9 Å². The number of carbonyl (C=O) groups is 2. The predicted octanol–water partition coefficient (Wildman–Crippen LogP) is 3.20. The summed E-state index contributed by atoms with van der Waals surface area (Å²) < 4.78 is 17.2. The normalized spacial score (nSPS) is 14.2. The summed E-state index contributed by atoms with van der Waals surface area (Å²) in [6, 6.07) is 14.2. The van der Waals surface area contributed by atoms with Gasteiger partial charge in [-0.25, -0.2) is 5.43 Å². The maximum absolute atomic E-state index is 12.2. The fraction of sp³-hybridized carbons (Fsp3) is 0.227. The summed E-state index contributed by atoms with van der Waals surface area (Å²) in [5.41, 5.74) is 3.84. The lowest BCUT2D eigenvalue weighted by Gasteiger charge is -2.26. The average molecular weight is 486 g/mol. The number of furan rings is 1. The zero-order chi connectivity index (χ0) is 21.6. The first-order chi connectivity index (χ1) is 15.1. The van der Waals surface area contributed by atoms with Gasteiger partial charge in [0, 0.05) is 22.9 Å². The number of nitrogens with zero attached hydrogens (tertiary/aromatic N) is 2. The van der Waals surface area contributed by atoms with E-state index in [1.807, 2.05) is 12.1 Å². The molecule has 0 unspecified atom stereocenters. The Morgan fingerprint density at radius 1 is 1.13 bits per heavy atom. The molecule has 1 fully saturated rings. The van der Waals surface area contributed by atoms with Crippen LogP contribution in [0.1, 0.15) is 16.1 Å². The van der Waals surface area contributed by atoms with Crippen molar-refractivity contribution in [1.29, 1.82) is 0 Å². The van der Waals surface area contributed by atoms with Gasteiger partial charge in [-0.05, 0) is 54.1 Å². The Morgan fingerprint density at radius 2 is 1.90 bits per heavy atom. The molecule has 160 valence electrons. The maximum atomic E-state index is 12.2. The molecule has 1 aliphatic heterocycles. The van der Waals surface area contributed by atoms with Gasteiger partial charge < -0.3 is 18.8 Å². The fourth-order valence-corrected chi connectivity index (χ4v) is 3.42. The first kappa shape index (κ1) is 21.1. The minimum atomic E-state index is -0.440. The highest BCUT2D eigenvalue weighted by molar-refractivity contribution is 9.10. The van der Waals surface area contributed by atoms with Gasteiger partial charge in [0.25, 0.3) is 5.91 Å². The quantitative estimate of drug-likeness (QED) is 0.427. The van der Waals surface area contributed by atoms with Crippen LogP contribution < -0.4 is 10.2 Å².